The van der Waals surface area contributed by atoms with Gasteiger partial charge < -0.3 is 4.90 Å². The highest BCUT2D eigenvalue weighted by Gasteiger charge is 2.37. The zero-order chi connectivity index (χ0) is 30.3. The molecule has 0 saturated carbocycles. The van der Waals surface area contributed by atoms with Crippen molar-refractivity contribution in [3.63, 3.8) is 0 Å². The second kappa shape index (κ2) is 9.68. The average molecular weight is 578 g/mol. The Morgan fingerprint density at radius 2 is 1.29 bits per heavy atom. The van der Waals surface area contributed by atoms with Crippen LogP contribution in [0, 0.1) is 12.8 Å². The van der Waals surface area contributed by atoms with Crippen LogP contribution in [-0.2, 0) is 5.41 Å². The molecule has 2 unspecified atom stereocenters. The van der Waals surface area contributed by atoms with Crippen LogP contribution in [0.2, 0.25) is 0 Å². The van der Waals surface area contributed by atoms with E-state index in [4.69, 9.17) is 0 Å². The number of nitrogens with zero attached hydrogens (tertiary/aromatic N) is 1. The highest BCUT2D eigenvalue weighted by Crippen LogP contribution is 2.55. The summed E-state index contributed by atoms with van der Waals surface area (Å²) in [6.07, 6.45) is 13.8. The summed E-state index contributed by atoms with van der Waals surface area (Å²) in [6, 6.07) is 41.2. The SMILES string of the molecule is Cc1ccc2c(N3c4ccccc4C=CC4C=CC=CC43)c3ccccc3c(-c3cccc4c3-c3ccccc3C4(C)C)c2c1. The number of anilines is 2. The van der Waals surface area contributed by atoms with Crippen LogP contribution in [0.25, 0.3) is 49.9 Å². The maximum Gasteiger partial charge on any atom is 0.0623 e. The quantitative estimate of drug-likeness (QED) is 0.185. The molecule has 1 heteroatoms. The van der Waals surface area contributed by atoms with Gasteiger partial charge in [0, 0.05) is 27.8 Å². The highest BCUT2D eigenvalue weighted by atomic mass is 15.2. The molecule has 0 aromatic heterocycles. The summed E-state index contributed by atoms with van der Waals surface area (Å²) in [6.45, 7) is 6.97. The van der Waals surface area contributed by atoms with Crippen molar-refractivity contribution in [3.05, 3.63) is 162 Å². The third-order valence-corrected chi connectivity index (χ3v) is 10.4. The number of fused-ring (bicyclic) bond motifs is 7. The Kier molecular flexibility index (Phi) is 5.65. The summed E-state index contributed by atoms with van der Waals surface area (Å²) in [5, 5.41) is 5.17. The lowest BCUT2D eigenvalue weighted by molar-refractivity contribution is 0.660. The van der Waals surface area contributed by atoms with Crippen molar-refractivity contribution >= 4 is 39.0 Å². The van der Waals surface area contributed by atoms with Crippen molar-refractivity contribution in [3.8, 4) is 22.3 Å². The molecule has 0 fully saturated rings. The number of hydrogen-bond acceptors (Lipinski definition) is 1. The van der Waals surface area contributed by atoms with Crippen LogP contribution in [0.5, 0.6) is 0 Å². The van der Waals surface area contributed by atoms with Crippen molar-refractivity contribution < 1.29 is 0 Å². The first-order valence-corrected chi connectivity index (χ1v) is 16.1. The first kappa shape index (κ1) is 26.3. The fraction of sp³-hybridized carbons (Fsp3) is 0.136. The lowest BCUT2D eigenvalue weighted by atomic mass is 9.81. The number of aryl methyl sites for hydroxylation is 1. The van der Waals surface area contributed by atoms with E-state index < -0.39 is 0 Å². The summed E-state index contributed by atoms with van der Waals surface area (Å²) in [4.78, 5) is 2.62. The van der Waals surface area contributed by atoms with Gasteiger partial charge in [0.15, 0.2) is 0 Å². The summed E-state index contributed by atoms with van der Waals surface area (Å²) < 4.78 is 0. The third kappa shape index (κ3) is 3.74. The minimum Gasteiger partial charge on any atom is -0.332 e. The summed E-state index contributed by atoms with van der Waals surface area (Å²) in [7, 11) is 0. The van der Waals surface area contributed by atoms with E-state index in [-0.39, 0.29) is 17.4 Å². The molecular formula is C44H35N. The smallest absolute Gasteiger partial charge is 0.0623 e. The molecule has 0 radical (unpaired) electrons. The molecule has 1 aliphatic heterocycles. The molecule has 6 aromatic carbocycles. The predicted octanol–water partition coefficient (Wildman–Crippen LogP) is 11.6. The normalized spacial score (nSPS) is 18.9. The minimum absolute atomic E-state index is 0.0536. The number of hydrogen-bond donors (Lipinski definition) is 0. The molecule has 2 aliphatic carbocycles. The van der Waals surface area contributed by atoms with Crippen molar-refractivity contribution in [2.24, 2.45) is 5.92 Å². The van der Waals surface area contributed by atoms with Crippen LogP contribution in [0.4, 0.5) is 11.4 Å². The van der Waals surface area contributed by atoms with Crippen LogP contribution in [0.15, 0.2) is 140 Å². The molecule has 45 heavy (non-hydrogen) atoms. The molecule has 9 rings (SSSR count). The molecule has 0 saturated heterocycles. The Morgan fingerprint density at radius 3 is 2.20 bits per heavy atom. The van der Waals surface area contributed by atoms with Crippen LogP contribution in [0.1, 0.15) is 36.1 Å². The van der Waals surface area contributed by atoms with E-state index in [9.17, 15) is 0 Å². The topological polar surface area (TPSA) is 3.24 Å². The van der Waals surface area contributed by atoms with E-state index in [1.54, 1.807) is 0 Å². The number of para-hydroxylation sites is 1. The lowest BCUT2D eigenvalue weighted by Crippen LogP contribution is -2.35. The molecule has 6 aromatic rings. The Balaban J connectivity index is 1.43. The van der Waals surface area contributed by atoms with Gasteiger partial charge >= 0.3 is 0 Å². The van der Waals surface area contributed by atoms with Crippen LogP contribution in [0.3, 0.4) is 0 Å². The van der Waals surface area contributed by atoms with Crippen LogP contribution < -0.4 is 4.90 Å². The van der Waals surface area contributed by atoms with Gasteiger partial charge in [-0.25, -0.2) is 0 Å². The van der Waals surface area contributed by atoms with E-state index in [0.29, 0.717) is 0 Å². The van der Waals surface area contributed by atoms with Gasteiger partial charge in [-0.1, -0.05) is 159 Å². The summed E-state index contributed by atoms with van der Waals surface area (Å²) >= 11 is 0. The van der Waals surface area contributed by atoms with E-state index in [1.807, 2.05) is 0 Å². The van der Waals surface area contributed by atoms with Gasteiger partial charge in [0.2, 0.25) is 0 Å². The first-order chi connectivity index (χ1) is 22.0. The van der Waals surface area contributed by atoms with Crippen LogP contribution >= 0.6 is 0 Å². The molecule has 2 atom stereocenters. The van der Waals surface area contributed by atoms with Gasteiger partial charge in [-0.3, -0.25) is 0 Å². The molecule has 0 bridgehead atoms. The molecule has 0 amide bonds. The Morgan fingerprint density at radius 1 is 0.578 bits per heavy atom. The van der Waals surface area contributed by atoms with E-state index in [2.05, 4.69) is 171 Å². The monoisotopic (exact) mass is 577 g/mol. The van der Waals surface area contributed by atoms with Gasteiger partial charge in [-0.15, -0.1) is 0 Å². The molecule has 216 valence electrons. The number of benzene rings is 6. The van der Waals surface area contributed by atoms with Gasteiger partial charge in [0.1, 0.15) is 0 Å². The molecule has 3 aliphatic rings. The highest BCUT2D eigenvalue weighted by molar-refractivity contribution is 6.23. The largest absolute Gasteiger partial charge is 0.332 e. The van der Waals surface area contributed by atoms with Crippen molar-refractivity contribution in [2.75, 3.05) is 4.90 Å². The molecule has 1 heterocycles. The van der Waals surface area contributed by atoms with E-state index >= 15 is 0 Å². The van der Waals surface area contributed by atoms with Crippen molar-refractivity contribution in [2.45, 2.75) is 32.2 Å². The second-order valence-corrected chi connectivity index (χ2v) is 13.3. The molecule has 0 N–H and O–H groups in total. The Hall–Kier alpha value is -5.14. The zero-order valence-corrected chi connectivity index (χ0v) is 26.0. The lowest BCUT2D eigenvalue weighted by Gasteiger charge is -2.37. The predicted molar refractivity (Wildman–Crippen MR) is 192 cm³/mol. The van der Waals surface area contributed by atoms with E-state index in [1.165, 1.54) is 77.4 Å². The fourth-order valence-corrected chi connectivity index (χ4v) is 8.32. The standard InChI is InChI=1S/C44H35N/c1-28-23-26-33-36(27-28)41(35-18-12-20-38-42(35)34-17-8-9-19-37(34)44(38,2)3)31-15-6-7-16-32(31)43(33)45-39-21-10-4-13-29(39)24-25-30-14-5-11-22-40(30)45/h4-27,29,39H,1-3H3. The maximum atomic E-state index is 2.62. The van der Waals surface area contributed by atoms with Gasteiger partial charge in [-0.05, 0) is 62.7 Å². The number of allylic oxidation sites excluding steroid dienone is 2. The number of rotatable bonds is 2. The van der Waals surface area contributed by atoms with Crippen molar-refractivity contribution in [1.82, 2.24) is 0 Å². The van der Waals surface area contributed by atoms with Gasteiger partial charge in [0.25, 0.3) is 0 Å². The van der Waals surface area contributed by atoms with Gasteiger partial charge in [-0.2, -0.15) is 0 Å². The zero-order valence-electron chi connectivity index (χ0n) is 26.0. The second-order valence-electron chi connectivity index (χ2n) is 13.3. The first-order valence-electron chi connectivity index (χ1n) is 16.1. The summed E-state index contributed by atoms with van der Waals surface area (Å²) in [5.74, 6) is 0.275. The van der Waals surface area contributed by atoms with Crippen LogP contribution in [-0.4, -0.2) is 6.04 Å². The minimum atomic E-state index is -0.0536. The van der Waals surface area contributed by atoms with Gasteiger partial charge in [0.05, 0.1) is 11.7 Å². The fourth-order valence-electron chi connectivity index (χ4n) is 8.32. The Labute approximate surface area is 265 Å². The van der Waals surface area contributed by atoms with Crippen molar-refractivity contribution in [1.29, 1.82) is 0 Å². The molecule has 0 spiro atoms. The average Bonchev–Trinajstić information content (AvgIpc) is 3.19. The molecule has 1 nitrogen and oxygen atoms in total. The summed E-state index contributed by atoms with van der Waals surface area (Å²) in [5.41, 5.74) is 13.2. The molecular weight excluding hydrogens is 542 g/mol. The Bertz CT molecular complexity index is 2280. The maximum absolute atomic E-state index is 2.62. The third-order valence-electron chi connectivity index (χ3n) is 10.4. The van der Waals surface area contributed by atoms with E-state index in [0.717, 1.165) is 0 Å².